The van der Waals surface area contributed by atoms with Crippen LogP contribution < -0.4 is 0 Å². The van der Waals surface area contributed by atoms with Crippen LogP contribution in [0.15, 0.2) is 42.4 Å². The number of hydrogen-bond acceptors (Lipinski definition) is 3. The van der Waals surface area contributed by atoms with Crippen LogP contribution in [0, 0.1) is 12.3 Å². The minimum atomic E-state index is -0.579. The molecule has 1 aromatic carbocycles. The number of unbranched alkanes of at least 4 members (excludes halogenated alkanes) is 1. The van der Waals surface area contributed by atoms with Crippen molar-refractivity contribution in [1.29, 1.82) is 0 Å². The van der Waals surface area contributed by atoms with Crippen molar-refractivity contribution >= 4 is 11.4 Å². The summed E-state index contributed by atoms with van der Waals surface area (Å²) in [6.45, 7) is 17.6. The van der Waals surface area contributed by atoms with Gasteiger partial charge in [0.1, 0.15) is 17.3 Å². The Kier molecular flexibility index (Phi) is 7.89. The predicted molar refractivity (Wildman–Crippen MR) is 114 cm³/mol. The number of aliphatic hydroxyl groups is 1. The molecule has 150 valence electrons. The number of allylic oxidation sites excluding steroid dienone is 1. The largest absolute Gasteiger partial charge is 0.507 e. The first-order valence-corrected chi connectivity index (χ1v) is 9.89. The van der Waals surface area contributed by atoms with Crippen LogP contribution in [-0.4, -0.2) is 16.5 Å². The molecular weight excluding hydrogens is 336 g/mol. The number of aliphatic hydroxyl groups excluding tert-OH is 1. The van der Waals surface area contributed by atoms with Crippen LogP contribution in [0.4, 0.5) is 0 Å². The highest BCUT2D eigenvalue weighted by atomic mass is 16.5. The summed E-state index contributed by atoms with van der Waals surface area (Å²) in [7, 11) is 0. The van der Waals surface area contributed by atoms with Crippen molar-refractivity contribution in [2.75, 3.05) is 0 Å². The molecule has 3 nitrogen and oxygen atoms in total. The second-order valence-electron chi connectivity index (χ2n) is 8.32. The van der Waals surface area contributed by atoms with Gasteiger partial charge in [-0.25, -0.2) is 0 Å². The number of ketones is 1. The van der Waals surface area contributed by atoms with Gasteiger partial charge >= 0.3 is 0 Å². The van der Waals surface area contributed by atoms with Crippen molar-refractivity contribution < 1.29 is 14.6 Å². The van der Waals surface area contributed by atoms with E-state index in [1.807, 2.05) is 52.0 Å². The third-order valence-corrected chi connectivity index (χ3v) is 5.24. The Bertz CT molecular complexity index is 707. The molecule has 1 atom stereocenters. The Balaban J connectivity index is 0.000000445. The van der Waals surface area contributed by atoms with Crippen LogP contribution in [0.5, 0.6) is 0 Å². The quantitative estimate of drug-likeness (QED) is 0.620. The van der Waals surface area contributed by atoms with Gasteiger partial charge in [-0.15, -0.1) is 0 Å². The summed E-state index contributed by atoms with van der Waals surface area (Å²) in [6, 6.07) is 8.04. The molecule has 1 heterocycles. The van der Waals surface area contributed by atoms with E-state index in [0.29, 0.717) is 11.5 Å². The van der Waals surface area contributed by atoms with Gasteiger partial charge < -0.3 is 9.84 Å². The van der Waals surface area contributed by atoms with E-state index in [0.717, 1.165) is 42.4 Å². The van der Waals surface area contributed by atoms with Gasteiger partial charge in [0, 0.05) is 5.41 Å². The first kappa shape index (κ1) is 23.0. The van der Waals surface area contributed by atoms with Gasteiger partial charge in [0.15, 0.2) is 5.60 Å². The first-order valence-electron chi connectivity index (χ1n) is 9.89. The molecule has 1 N–H and O–H groups in total. The number of carbonyl (C=O) groups excluding carboxylic acids is 1. The Morgan fingerprint density at radius 1 is 1.22 bits per heavy atom. The van der Waals surface area contributed by atoms with Crippen LogP contribution in [0.3, 0.4) is 0 Å². The minimum absolute atomic E-state index is 0.139. The molecule has 0 fully saturated rings. The predicted octanol–water partition coefficient (Wildman–Crippen LogP) is 6.77. The summed E-state index contributed by atoms with van der Waals surface area (Å²) < 4.78 is 6.02. The van der Waals surface area contributed by atoms with Crippen molar-refractivity contribution in [3.05, 3.63) is 53.5 Å². The van der Waals surface area contributed by atoms with E-state index in [9.17, 15) is 9.90 Å². The van der Waals surface area contributed by atoms with Gasteiger partial charge in [-0.1, -0.05) is 71.9 Å². The van der Waals surface area contributed by atoms with E-state index in [1.54, 1.807) is 6.92 Å². The lowest BCUT2D eigenvalue weighted by Crippen LogP contribution is -2.30. The summed E-state index contributed by atoms with van der Waals surface area (Å²) in [6.07, 6.45) is 3.71. The number of Topliss-reactive ketones (excluding diaryl/α,β-unsaturated/α-hetero) is 1. The molecule has 3 heteroatoms. The highest BCUT2D eigenvalue weighted by molar-refractivity contribution is 5.83. The van der Waals surface area contributed by atoms with Crippen molar-refractivity contribution in [3.63, 3.8) is 0 Å². The van der Waals surface area contributed by atoms with Crippen LogP contribution in [-0.2, 0) is 9.53 Å². The van der Waals surface area contributed by atoms with Crippen molar-refractivity contribution in [3.8, 4) is 0 Å². The average Bonchev–Trinajstić information content (AvgIpc) is 2.84. The Labute approximate surface area is 165 Å². The topological polar surface area (TPSA) is 46.5 Å². The molecule has 0 bridgehead atoms. The van der Waals surface area contributed by atoms with Gasteiger partial charge in [-0.05, 0) is 44.2 Å². The summed E-state index contributed by atoms with van der Waals surface area (Å²) in [5, 5.41) is 10.8. The second kappa shape index (κ2) is 9.25. The molecule has 0 saturated heterocycles. The smallest absolute Gasteiger partial charge is 0.166 e. The molecule has 0 spiro atoms. The van der Waals surface area contributed by atoms with Crippen LogP contribution in [0.2, 0.25) is 0 Å². The SMILES string of the molecule is C=C1OC(CC)(CCCC)C(O)=C1c1ccccc1C.CC(=O)C(C)(C)C. The molecule has 0 saturated carbocycles. The lowest BCUT2D eigenvalue weighted by atomic mass is 9.88. The monoisotopic (exact) mass is 372 g/mol. The Morgan fingerprint density at radius 2 is 1.78 bits per heavy atom. The van der Waals surface area contributed by atoms with Gasteiger partial charge in [0.25, 0.3) is 0 Å². The fourth-order valence-corrected chi connectivity index (χ4v) is 2.87. The van der Waals surface area contributed by atoms with Crippen LogP contribution in [0.25, 0.3) is 5.57 Å². The molecule has 2 rings (SSSR count). The first-order chi connectivity index (χ1) is 12.5. The van der Waals surface area contributed by atoms with Gasteiger partial charge in [-0.2, -0.15) is 0 Å². The molecule has 0 aliphatic carbocycles. The maximum absolute atomic E-state index is 10.8. The average molecular weight is 373 g/mol. The summed E-state index contributed by atoms with van der Waals surface area (Å²) in [4.78, 5) is 10.5. The number of carbonyl (C=O) groups is 1. The van der Waals surface area contributed by atoms with E-state index in [4.69, 9.17) is 4.74 Å². The summed E-state index contributed by atoms with van der Waals surface area (Å²) in [5.74, 6) is 1.19. The zero-order chi connectivity index (χ0) is 20.8. The van der Waals surface area contributed by atoms with Crippen molar-refractivity contribution in [2.45, 2.75) is 79.8 Å². The zero-order valence-corrected chi connectivity index (χ0v) is 18.1. The summed E-state index contributed by atoms with van der Waals surface area (Å²) in [5.41, 5.74) is 2.20. The van der Waals surface area contributed by atoms with Crippen LogP contribution >= 0.6 is 0 Å². The Hall–Kier alpha value is -2.03. The highest BCUT2D eigenvalue weighted by Crippen LogP contribution is 2.46. The number of rotatable bonds is 5. The molecule has 1 aromatic rings. The number of hydrogen-bond donors (Lipinski definition) is 1. The maximum atomic E-state index is 10.8. The Morgan fingerprint density at radius 3 is 2.22 bits per heavy atom. The van der Waals surface area contributed by atoms with E-state index in [1.165, 1.54) is 0 Å². The molecule has 0 aromatic heterocycles. The molecular formula is C24H36O3. The maximum Gasteiger partial charge on any atom is 0.166 e. The zero-order valence-electron chi connectivity index (χ0n) is 18.1. The minimum Gasteiger partial charge on any atom is -0.507 e. The van der Waals surface area contributed by atoms with Crippen LogP contribution in [0.1, 0.15) is 78.4 Å². The van der Waals surface area contributed by atoms with Gasteiger partial charge in [0.05, 0.1) is 5.57 Å². The fourth-order valence-electron chi connectivity index (χ4n) is 2.87. The third-order valence-electron chi connectivity index (χ3n) is 5.24. The number of benzene rings is 1. The molecule has 0 amide bonds. The lowest BCUT2D eigenvalue weighted by Gasteiger charge is -2.27. The van der Waals surface area contributed by atoms with E-state index in [-0.39, 0.29) is 11.2 Å². The van der Waals surface area contributed by atoms with E-state index >= 15 is 0 Å². The molecule has 1 aliphatic rings. The standard InChI is InChI=1S/C18H24O2.C6H12O/c1-5-7-12-18(6-2)17(19)16(14(4)20-18)15-11-9-8-10-13(15)3;1-5(7)6(2,3)4/h8-11,19H,4-7,12H2,1-3H3;1-4H3. The molecule has 27 heavy (non-hydrogen) atoms. The van der Waals surface area contributed by atoms with Gasteiger partial charge in [-0.3, -0.25) is 4.79 Å². The van der Waals surface area contributed by atoms with Gasteiger partial charge in [0.2, 0.25) is 0 Å². The van der Waals surface area contributed by atoms with E-state index in [2.05, 4.69) is 20.4 Å². The van der Waals surface area contributed by atoms with Crippen molar-refractivity contribution in [1.82, 2.24) is 0 Å². The highest BCUT2D eigenvalue weighted by Gasteiger charge is 2.44. The number of aryl methyl sites for hydroxylation is 1. The number of ether oxygens (including phenoxy) is 1. The van der Waals surface area contributed by atoms with E-state index < -0.39 is 5.60 Å². The molecule has 1 unspecified atom stereocenters. The fraction of sp³-hybridized carbons (Fsp3) is 0.542. The lowest BCUT2D eigenvalue weighted by molar-refractivity contribution is -0.124. The summed E-state index contributed by atoms with van der Waals surface area (Å²) >= 11 is 0. The normalized spacial score (nSPS) is 19.4. The third kappa shape index (κ3) is 5.47. The second-order valence-corrected chi connectivity index (χ2v) is 8.32. The van der Waals surface area contributed by atoms with Crippen molar-refractivity contribution in [2.24, 2.45) is 5.41 Å². The molecule has 1 aliphatic heterocycles. The molecule has 0 radical (unpaired) electrons.